The summed E-state index contributed by atoms with van der Waals surface area (Å²) in [5, 5.41) is 9.55. The Morgan fingerprint density at radius 2 is 1.76 bits per heavy atom. The fraction of sp³-hybridized carbons (Fsp3) is 0.923. The van der Waals surface area contributed by atoms with Crippen LogP contribution in [0.15, 0.2) is 0 Å². The molecule has 0 bridgehead atoms. The molecule has 98 valence electrons. The summed E-state index contributed by atoms with van der Waals surface area (Å²) >= 11 is 0. The fourth-order valence-corrected chi connectivity index (χ4v) is 3.08. The van der Waals surface area contributed by atoms with Gasteiger partial charge in [-0.2, -0.15) is 0 Å². The summed E-state index contributed by atoms with van der Waals surface area (Å²) < 4.78 is 0. The molecule has 1 N–H and O–H groups in total. The molecule has 2 fully saturated rings. The first-order valence-electron chi connectivity index (χ1n) is 6.63. The minimum absolute atomic E-state index is 0.545. The van der Waals surface area contributed by atoms with E-state index in [1.165, 1.54) is 0 Å². The average Bonchev–Trinajstić information content (AvgIpc) is 2.18. The van der Waals surface area contributed by atoms with Gasteiger partial charge in [0.05, 0.1) is 0 Å². The molecule has 1 aliphatic carbocycles. The number of aliphatic carboxylic acids is 1. The highest BCUT2D eigenvalue weighted by molar-refractivity contribution is 5.80. The van der Waals surface area contributed by atoms with Crippen LogP contribution < -0.4 is 0 Å². The van der Waals surface area contributed by atoms with E-state index in [-0.39, 0.29) is 0 Å². The lowest BCUT2D eigenvalue weighted by Gasteiger charge is -2.54. The molecular formula is C13H24N2O2. The molecule has 0 aromatic carbocycles. The first-order chi connectivity index (χ1) is 7.95. The van der Waals surface area contributed by atoms with Crippen LogP contribution in [0, 0.1) is 11.8 Å². The Labute approximate surface area is 104 Å². The fourth-order valence-electron chi connectivity index (χ4n) is 3.08. The van der Waals surface area contributed by atoms with E-state index in [0.717, 1.165) is 39.0 Å². The lowest BCUT2D eigenvalue weighted by Crippen LogP contribution is -2.66. The van der Waals surface area contributed by atoms with Crippen molar-refractivity contribution in [3.63, 3.8) is 0 Å². The van der Waals surface area contributed by atoms with Crippen LogP contribution in [0.2, 0.25) is 0 Å². The molecule has 1 saturated carbocycles. The van der Waals surface area contributed by atoms with Gasteiger partial charge < -0.3 is 10.0 Å². The summed E-state index contributed by atoms with van der Waals surface area (Å²) in [4.78, 5) is 16.1. The van der Waals surface area contributed by atoms with E-state index in [4.69, 9.17) is 0 Å². The summed E-state index contributed by atoms with van der Waals surface area (Å²) in [6.07, 6.45) is 1.67. The topological polar surface area (TPSA) is 43.8 Å². The third-order valence-corrected chi connectivity index (χ3v) is 4.65. The van der Waals surface area contributed by atoms with Gasteiger partial charge in [0.2, 0.25) is 0 Å². The van der Waals surface area contributed by atoms with Gasteiger partial charge in [-0.3, -0.25) is 9.69 Å². The van der Waals surface area contributed by atoms with Crippen LogP contribution in [0.3, 0.4) is 0 Å². The van der Waals surface area contributed by atoms with Crippen LogP contribution in [0.4, 0.5) is 0 Å². The van der Waals surface area contributed by atoms with E-state index in [9.17, 15) is 9.90 Å². The average molecular weight is 240 g/mol. The highest BCUT2D eigenvalue weighted by atomic mass is 16.4. The number of carboxylic acids is 1. The molecule has 1 aliphatic heterocycles. The number of hydrogen-bond donors (Lipinski definition) is 1. The molecule has 0 unspecified atom stereocenters. The van der Waals surface area contributed by atoms with Crippen LogP contribution in [0.5, 0.6) is 0 Å². The van der Waals surface area contributed by atoms with Crippen LogP contribution in [0.25, 0.3) is 0 Å². The number of carbonyl (C=O) groups is 1. The molecule has 4 nitrogen and oxygen atoms in total. The van der Waals surface area contributed by atoms with Crippen molar-refractivity contribution in [2.24, 2.45) is 11.8 Å². The van der Waals surface area contributed by atoms with E-state index >= 15 is 0 Å². The second-order valence-corrected chi connectivity index (χ2v) is 6.04. The minimum atomic E-state index is -0.612. The summed E-state index contributed by atoms with van der Waals surface area (Å²) in [5.41, 5.74) is -0.545. The highest BCUT2D eigenvalue weighted by Crippen LogP contribution is 2.46. The van der Waals surface area contributed by atoms with Gasteiger partial charge in [-0.25, -0.2) is 0 Å². The quantitative estimate of drug-likeness (QED) is 0.803. The van der Waals surface area contributed by atoms with Crippen molar-refractivity contribution in [1.82, 2.24) is 9.80 Å². The Kier molecular flexibility index (Phi) is 3.46. The van der Waals surface area contributed by atoms with Crippen LogP contribution in [0.1, 0.15) is 26.7 Å². The number of carboxylic acid groups (broad SMARTS) is 1. The van der Waals surface area contributed by atoms with Gasteiger partial charge in [0.1, 0.15) is 5.54 Å². The molecule has 2 aliphatic rings. The van der Waals surface area contributed by atoms with E-state index in [2.05, 4.69) is 30.7 Å². The number of likely N-dealkylation sites (N-methyl/N-ethyl adjacent to an activating group) is 1. The van der Waals surface area contributed by atoms with Crippen LogP contribution in [-0.4, -0.2) is 59.6 Å². The summed E-state index contributed by atoms with van der Waals surface area (Å²) in [6, 6.07) is 0. The van der Waals surface area contributed by atoms with Crippen molar-refractivity contribution in [2.45, 2.75) is 32.2 Å². The van der Waals surface area contributed by atoms with Crippen LogP contribution >= 0.6 is 0 Å². The third kappa shape index (κ3) is 2.20. The summed E-state index contributed by atoms with van der Waals surface area (Å²) in [5.74, 6) is 0.583. The maximum Gasteiger partial charge on any atom is 0.324 e. The molecule has 1 heterocycles. The van der Waals surface area contributed by atoms with E-state index in [1.54, 1.807) is 0 Å². The molecule has 0 radical (unpaired) electrons. The zero-order valence-corrected chi connectivity index (χ0v) is 11.1. The first-order valence-corrected chi connectivity index (χ1v) is 6.63. The second kappa shape index (κ2) is 4.58. The van der Waals surface area contributed by atoms with Gasteiger partial charge in [0.25, 0.3) is 0 Å². The van der Waals surface area contributed by atoms with Gasteiger partial charge in [-0.05, 0) is 31.7 Å². The molecular weight excluding hydrogens is 216 g/mol. The predicted octanol–water partition coefficient (Wildman–Crippen LogP) is 1.12. The van der Waals surface area contributed by atoms with Crippen molar-refractivity contribution in [3.05, 3.63) is 0 Å². The van der Waals surface area contributed by atoms with Crippen molar-refractivity contribution in [2.75, 3.05) is 33.2 Å². The molecule has 0 aromatic heterocycles. The third-order valence-electron chi connectivity index (χ3n) is 4.65. The number of rotatable bonds is 3. The standard InChI is InChI=1S/C13H24N2O2/c1-10(2)11-8-13(9-11,12(16)17)15-6-4-14(3)5-7-15/h10-11H,4-9H2,1-3H3,(H,16,17). The van der Waals surface area contributed by atoms with Crippen molar-refractivity contribution in [1.29, 1.82) is 0 Å². The molecule has 2 rings (SSSR count). The normalized spacial score (nSPS) is 35.9. The van der Waals surface area contributed by atoms with Crippen molar-refractivity contribution >= 4 is 5.97 Å². The molecule has 0 spiro atoms. The van der Waals surface area contributed by atoms with Crippen molar-refractivity contribution < 1.29 is 9.90 Å². The maximum absolute atomic E-state index is 11.6. The lowest BCUT2D eigenvalue weighted by molar-refractivity contribution is -0.166. The Bertz CT molecular complexity index is 290. The van der Waals surface area contributed by atoms with Gasteiger partial charge >= 0.3 is 5.97 Å². The second-order valence-electron chi connectivity index (χ2n) is 6.04. The van der Waals surface area contributed by atoms with Gasteiger partial charge in [0.15, 0.2) is 0 Å². The number of hydrogen-bond acceptors (Lipinski definition) is 3. The summed E-state index contributed by atoms with van der Waals surface area (Å²) in [7, 11) is 2.10. The smallest absolute Gasteiger partial charge is 0.324 e. The zero-order valence-electron chi connectivity index (χ0n) is 11.1. The molecule has 0 atom stereocenters. The largest absolute Gasteiger partial charge is 0.480 e. The molecule has 0 amide bonds. The van der Waals surface area contributed by atoms with Crippen LogP contribution in [-0.2, 0) is 4.79 Å². The molecule has 17 heavy (non-hydrogen) atoms. The Morgan fingerprint density at radius 3 is 2.18 bits per heavy atom. The highest BCUT2D eigenvalue weighted by Gasteiger charge is 2.55. The van der Waals surface area contributed by atoms with Gasteiger partial charge in [-0.15, -0.1) is 0 Å². The molecule has 1 saturated heterocycles. The van der Waals surface area contributed by atoms with Gasteiger partial charge in [0, 0.05) is 26.2 Å². The maximum atomic E-state index is 11.6. The zero-order chi connectivity index (χ0) is 12.6. The van der Waals surface area contributed by atoms with E-state index in [1.807, 2.05) is 0 Å². The number of nitrogens with zero attached hydrogens (tertiary/aromatic N) is 2. The Balaban J connectivity index is 2.02. The number of piperazine rings is 1. The first kappa shape index (κ1) is 12.8. The van der Waals surface area contributed by atoms with E-state index in [0.29, 0.717) is 11.8 Å². The van der Waals surface area contributed by atoms with Crippen molar-refractivity contribution in [3.8, 4) is 0 Å². The van der Waals surface area contributed by atoms with Gasteiger partial charge in [-0.1, -0.05) is 13.8 Å². The molecule has 0 aromatic rings. The Morgan fingerprint density at radius 1 is 1.24 bits per heavy atom. The Hall–Kier alpha value is -0.610. The SMILES string of the molecule is CC(C)C1CC(C(=O)O)(N2CCN(C)CC2)C1. The lowest BCUT2D eigenvalue weighted by atomic mass is 9.63. The summed E-state index contributed by atoms with van der Waals surface area (Å²) in [6.45, 7) is 8.16. The predicted molar refractivity (Wildman–Crippen MR) is 67.0 cm³/mol. The monoisotopic (exact) mass is 240 g/mol. The molecule has 4 heteroatoms. The van der Waals surface area contributed by atoms with E-state index < -0.39 is 11.5 Å². The minimum Gasteiger partial charge on any atom is -0.480 e.